The Balaban J connectivity index is 2.11. The number of nitrogens with zero attached hydrogens (tertiary/aromatic N) is 2. The predicted molar refractivity (Wildman–Crippen MR) is 127 cm³/mol. The van der Waals surface area contributed by atoms with Crippen molar-refractivity contribution in [3.63, 3.8) is 0 Å². The molecule has 0 aromatic heterocycles. The summed E-state index contributed by atoms with van der Waals surface area (Å²) in [7, 11) is 0. The molecule has 186 valence electrons. The Morgan fingerprint density at radius 1 is 1.42 bits per heavy atom. The number of esters is 1. The third-order valence-electron chi connectivity index (χ3n) is 7.44. The van der Waals surface area contributed by atoms with Crippen LogP contribution in [0.3, 0.4) is 0 Å². The number of ether oxygens (including phenoxy) is 2. The fourth-order valence-electron chi connectivity index (χ4n) is 6.02. The average molecular weight is 529 g/mol. The molecule has 2 bridgehead atoms. The number of amides is 2. The van der Waals surface area contributed by atoms with Gasteiger partial charge in [-0.05, 0) is 33.1 Å². The second-order valence-electron chi connectivity index (χ2n) is 9.32. The molecule has 8 atom stereocenters. The lowest BCUT2D eigenvalue weighted by Crippen LogP contribution is -2.60. The van der Waals surface area contributed by atoms with Crippen LogP contribution in [0.2, 0.25) is 0 Å². The Hall–Kier alpha value is -1.45. The molecule has 3 aliphatic rings. The van der Waals surface area contributed by atoms with E-state index in [4.69, 9.17) is 9.47 Å². The van der Waals surface area contributed by atoms with Crippen LogP contribution >= 0.6 is 15.9 Å². The van der Waals surface area contributed by atoms with Crippen LogP contribution in [0.4, 0.5) is 0 Å². The van der Waals surface area contributed by atoms with Gasteiger partial charge in [0.1, 0.15) is 11.6 Å². The summed E-state index contributed by atoms with van der Waals surface area (Å²) >= 11 is 3.64. The molecule has 8 nitrogen and oxygen atoms in total. The van der Waals surface area contributed by atoms with E-state index < -0.39 is 41.6 Å². The molecule has 3 aliphatic heterocycles. The minimum atomic E-state index is -1.14. The van der Waals surface area contributed by atoms with E-state index in [-0.39, 0.29) is 35.9 Å². The highest BCUT2D eigenvalue weighted by Crippen LogP contribution is 2.60. The molecule has 33 heavy (non-hydrogen) atoms. The Bertz CT molecular complexity index is 774. The van der Waals surface area contributed by atoms with Gasteiger partial charge >= 0.3 is 5.97 Å². The van der Waals surface area contributed by atoms with Crippen LogP contribution in [0.15, 0.2) is 12.7 Å². The van der Waals surface area contributed by atoms with Gasteiger partial charge in [0.2, 0.25) is 11.8 Å². The lowest BCUT2D eigenvalue weighted by molar-refractivity contribution is -0.156. The van der Waals surface area contributed by atoms with Crippen molar-refractivity contribution in [1.82, 2.24) is 9.80 Å². The molecular weight excluding hydrogens is 492 g/mol. The van der Waals surface area contributed by atoms with Crippen LogP contribution in [0.25, 0.3) is 0 Å². The van der Waals surface area contributed by atoms with Crippen LogP contribution in [0, 0.1) is 11.8 Å². The molecule has 1 spiro atoms. The summed E-state index contributed by atoms with van der Waals surface area (Å²) in [6.07, 6.45) is 3.78. The molecule has 2 amide bonds. The average Bonchev–Trinajstić information content (AvgIpc) is 3.37. The Kier molecular flexibility index (Phi) is 8.28. The van der Waals surface area contributed by atoms with E-state index in [2.05, 4.69) is 29.4 Å². The molecule has 3 saturated heterocycles. The van der Waals surface area contributed by atoms with E-state index >= 15 is 0 Å². The Morgan fingerprint density at radius 3 is 2.67 bits per heavy atom. The summed E-state index contributed by atoms with van der Waals surface area (Å²) in [6, 6.07) is -1.52. The van der Waals surface area contributed by atoms with Gasteiger partial charge in [-0.25, -0.2) is 0 Å². The van der Waals surface area contributed by atoms with Gasteiger partial charge in [-0.15, -0.1) is 6.58 Å². The number of aliphatic hydroxyl groups excluding tert-OH is 1. The maximum Gasteiger partial charge on any atom is 0.312 e. The van der Waals surface area contributed by atoms with E-state index in [0.717, 1.165) is 12.8 Å². The summed E-state index contributed by atoms with van der Waals surface area (Å²) in [6.45, 7) is 11.7. The molecule has 0 radical (unpaired) electrons. The number of likely N-dealkylation sites (tertiary alicyclic amines) is 1. The number of alkyl halides is 1. The molecule has 9 heteroatoms. The molecular formula is C24H37BrN2O6. The lowest BCUT2D eigenvalue weighted by atomic mass is 9.70. The van der Waals surface area contributed by atoms with Crippen LogP contribution in [-0.2, 0) is 23.9 Å². The highest BCUT2D eigenvalue weighted by atomic mass is 79.9. The molecule has 0 saturated carbocycles. The predicted octanol–water partition coefficient (Wildman–Crippen LogP) is 2.27. The highest BCUT2D eigenvalue weighted by molar-refractivity contribution is 9.09. The van der Waals surface area contributed by atoms with Gasteiger partial charge in [0.25, 0.3) is 0 Å². The van der Waals surface area contributed by atoms with Gasteiger partial charge in [-0.3, -0.25) is 14.4 Å². The monoisotopic (exact) mass is 528 g/mol. The fraction of sp³-hybridized carbons (Fsp3) is 0.792. The van der Waals surface area contributed by atoms with Crippen LogP contribution in [0.5, 0.6) is 0 Å². The Labute approximate surface area is 204 Å². The second kappa shape index (κ2) is 10.4. The molecule has 3 fully saturated rings. The van der Waals surface area contributed by atoms with E-state index in [9.17, 15) is 19.5 Å². The topological polar surface area (TPSA) is 96.4 Å². The third-order valence-corrected chi connectivity index (χ3v) is 8.29. The first-order chi connectivity index (χ1) is 15.7. The number of hydrogen-bond donors (Lipinski definition) is 1. The van der Waals surface area contributed by atoms with E-state index in [0.29, 0.717) is 19.4 Å². The van der Waals surface area contributed by atoms with Crippen molar-refractivity contribution in [3.05, 3.63) is 12.7 Å². The van der Waals surface area contributed by atoms with Crippen LogP contribution in [-0.4, -0.2) is 87.1 Å². The van der Waals surface area contributed by atoms with Gasteiger partial charge in [-0.1, -0.05) is 42.3 Å². The van der Waals surface area contributed by atoms with Crippen molar-refractivity contribution in [2.24, 2.45) is 11.8 Å². The van der Waals surface area contributed by atoms with Crippen molar-refractivity contribution in [3.8, 4) is 0 Å². The quantitative estimate of drug-likeness (QED) is 0.251. The molecule has 1 N–H and O–H groups in total. The van der Waals surface area contributed by atoms with E-state index in [1.54, 1.807) is 17.9 Å². The molecule has 4 unspecified atom stereocenters. The molecule has 0 aliphatic carbocycles. The van der Waals surface area contributed by atoms with Crippen molar-refractivity contribution >= 4 is 33.7 Å². The van der Waals surface area contributed by atoms with Crippen molar-refractivity contribution < 1.29 is 29.0 Å². The highest BCUT2D eigenvalue weighted by Gasteiger charge is 2.77. The van der Waals surface area contributed by atoms with E-state index in [1.807, 2.05) is 13.8 Å². The lowest BCUT2D eigenvalue weighted by Gasteiger charge is -2.40. The SMILES string of the molecule is C=CCN(C(=O)C1N([C@@H](CC)CO)C(=O)[C@@H]2[C@H](C(=O)OCC)[C@H]3OC12CC3Br)C(C)CCC. The summed E-state index contributed by atoms with van der Waals surface area (Å²) in [5.74, 6) is -2.59. The number of carbonyl (C=O) groups excluding carboxylic acids is 3. The minimum absolute atomic E-state index is 0.0543. The molecule has 3 heterocycles. The standard InChI is InChI=1S/C24H37BrN2O6/c1-6-10-14(5)26(11-7-2)22(30)20-24-12-16(25)19(33-24)17(23(31)32-9-4)18(24)21(29)27(20)15(8-3)13-28/h7,14-20,28H,2,6,8-13H2,1,3-5H3/t14?,15-,16?,17-,18-,19-,20?,24?/m0/s1. The van der Waals surface area contributed by atoms with Crippen molar-refractivity contribution in [2.45, 2.75) is 88.0 Å². The molecule has 0 aromatic rings. The van der Waals surface area contributed by atoms with Crippen LogP contribution < -0.4 is 0 Å². The maximum absolute atomic E-state index is 14.2. The largest absolute Gasteiger partial charge is 0.466 e. The Morgan fingerprint density at radius 2 is 2.12 bits per heavy atom. The third kappa shape index (κ3) is 4.14. The zero-order valence-corrected chi connectivity index (χ0v) is 21.6. The van der Waals surface area contributed by atoms with Crippen molar-refractivity contribution in [2.75, 3.05) is 19.8 Å². The molecule has 3 rings (SSSR count). The van der Waals surface area contributed by atoms with Crippen LogP contribution in [0.1, 0.15) is 53.4 Å². The maximum atomic E-state index is 14.2. The zero-order valence-electron chi connectivity index (χ0n) is 20.0. The zero-order chi connectivity index (χ0) is 24.5. The summed E-state index contributed by atoms with van der Waals surface area (Å²) in [4.78, 5) is 44.1. The number of fused-ring (bicyclic) bond motifs is 1. The van der Waals surface area contributed by atoms with Gasteiger partial charge in [0.05, 0.1) is 37.2 Å². The second-order valence-corrected chi connectivity index (χ2v) is 10.5. The first kappa shape index (κ1) is 26.2. The number of carbonyl (C=O) groups is 3. The van der Waals surface area contributed by atoms with Gasteiger partial charge < -0.3 is 24.4 Å². The first-order valence-electron chi connectivity index (χ1n) is 12.1. The van der Waals surface area contributed by atoms with Gasteiger partial charge in [0, 0.05) is 17.4 Å². The van der Waals surface area contributed by atoms with Gasteiger partial charge in [-0.2, -0.15) is 0 Å². The summed E-state index contributed by atoms with van der Waals surface area (Å²) in [5.41, 5.74) is -1.14. The van der Waals surface area contributed by atoms with E-state index in [1.165, 1.54) is 4.90 Å². The number of hydrogen-bond acceptors (Lipinski definition) is 6. The minimum Gasteiger partial charge on any atom is -0.466 e. The normalized spacial score (nSPS) is 34.2. The van der Waals surface area contributed by atoms with Crippen molar-refractivity contribution in [1.29, 1.82) is 0 Å². The number of halogens is 1. The smallest absolute Gasteiger partial charge is 0.312 e. The molecule has 0 aromatic carbocycles. The number of rotatable bonds is 11. The number of aliphatic hydroxyl groups is 1. The fourth-order valence-corrected chi connectivity index (χ4v) is 6.96. The summed E-state index contributed by atoms with van der Waals surface area (Å²) < 4.78 is 11.8. The van der Waals surface area contributed by atoms with Gasteiger partial charge in [0.15, 0.2) is 0 Å². The summed E-state index contributed by atoms with van der Waals surface area (Å²) in [5, 5.41) is 10.1. The first-order valence-corrected chi connectivity index (χ1v) is 13.0.